The third-order valence-corrected chi connectivity index (χ3v) is 3.21. The molecular formula is C13H19N3O. The van der Waals surface area contributed by atoms with Crippen LogP contribution in [-0.2, 0) is 4.79 Å². The van der Waals surface area contributed by atoms with E-state index in [1.54, 1.807) is 12.4 Å². The number of rotatable bonds is 3. The molecule has 1 amide bonds. The van der Waals surface area contributed by atoms with Gasteiger partial charge in [0.2, 0.25) is 5.91 Å². The molecular weight excluding hydrogens is 214 g/mol. The first-order chi connectivity index (χ1) is 8.27. The van der Waals surface area contributed by atoms with E-state index in [0.717, 1.165) is 31.5 Å². The fraction of sp³-hybridized carbons (Fsp3) is 0.538. The normalized spacial score (nSPS) is 21.8. The molecule has 1 fully saturated rings. The third-order valence-electron chi connectivity index (χ3n) is 3.21. The molecule has 2 unspecified atom stereocenters. The average Bonchev–Trinajstić information content (AvgIpc) is 2.40. The van der Waals surface area contributed by atoms with Crippen molar-refractivity contribution in [2.75, 3.05) is 13.1 Å². The maximum Gasteiger partial charge on any atom is 0.224 e. The van der Waals surface area contributed by atoms with E-state index in [2.05, 4.69) is 15.6 Å². The van der Waals surface area contributed by atoms with Crippen molar-refractivity contribution in [3.8, 4) is 0 Å². The van der Waals surface area contributed by atoms with Gasteiger partial charge in [-0.2, -0.15) is 0 Å². The van der Waals surface area contributed by atoms with Crippen LogP contribution in [0.1, 0.15) is 31.4 Å². The molecule has 4 heteroatoms. The van der Waals surface area contributed by atoms with Gasteiger partial charge < -0.3 is 10.6 Å². The number of hydrogen-bond donors (Lipinski definition) is 2. The highest BCUT2D eigenvalue weighted by atomic mass is 16.1. The largest absolute Gasteiger partial charge is 0.349 e. The van der Waals surface area contributed by atoms with E-state index < -0.39 is 0 Å². The van der Waals surface area contributed by atoms with E-state index in [4.69, 9.17) is 0 Å². The molecule has 0 bridgehead atoms. The zero-order chi connectivity index (χ0) is 12.1. The van der Waals surface area contributed by atoms with Crippen LogP contribution < -0.4 is 10.6 Å². The molecule has 2 rings (SSSR count). The number of carbonyl (C=O) groups excluding carboxylic acids is 1. The number of aromatic nitrogens is 1. The zero-order valence-corrected chi connectivity index (χ0v) is 10.1. The van der Waals surface area contributed by atoms with E-state index in [1.807, 2.05) is 19.1 Å². The van der Waals surface area contributed by atoms with Gasteiger partial charge in [-0.25, -0.2) is 0 Å². The van der Waals surface area contributed by atoms with Gasteiger partial charge in [0, 0.05) is 18.9 Å². The molecule has 1 aliphatic rings. The quantitative estimate of drug-likeness (QED) is 0.826. The van der Waals surface area contributed by atoms with Crippen molar-refractivity contribution in [2.45, 2.75) is 25.8 Å². The van der Waals surface area contributed by atoms with Gasteiger partial charge in [-0.3, -0.25) is 9.78 Å². The lowest BCUT2D eigenvalue weighted by Crippen LogP contribution is -2.41. The molecule has 0 spiro atoms. The van der Waals surface area contributed by atoms with Crippen LogP contribution >= 0.6 is 0 Å². The monoisotopic (exact) mass is 233 g/mol. The molecule has 2 atom stereocenters. The second-order valence-corrected chi connectivity index (χ2v) is 4.56. The maximum absolute atomic E-state index is 12.0. The van der Waals surface area contributed by atoms with Crippen LogP contribution in [0.5, 0.6) is 0 Å². The summed E-state index contributed by atoms with van der Waals surface area (Å²) < 4.78 is 0. The van der Waals surface area contributed by atoms with E-state index in [-0.39, 0.29) is 17.9 Å². The number of hydrogen-bond acceptors (Lipinski definition) is 3. The van der Waals surface area contributed by atoms with Crippen molar-refractivity contribution in [3.63, 3.8) is 0 Å². The number of carbonyl (C=O) groups is 1. The minimum absolute atomic E-state index is 0.0260. The van der Waals surface area contributed by atoms with Gasteiger partial charge in [-0.05, 0) is 37.9 Å². The predicted molar refractivity (Wildman–Crippen MR) is 66.4 cm³/mol. The van der Waals surface area contributed by atoms with Gasteiger partial charge in [0.15, 0.2) is 0 Å². The fourth-order valence-electron chi connectivity index (χ4n) is 2.12. The fourth-order valence-corrected chi connectivity index (χ4v) is 2.12. The van der Waals surface area contributed by atoms with Crippen LogP contribution in [0.15, 0.2) is 24.5 Å². The maximum atomic E-state index is 12.0. The van der Waals surface area contributed by atoms with E-state index >= 15 is 0 Å². The Kier molecular flexibility index (Phi) is 4.09. The molecule has 92 valence electrons. The number of piperidine rings is 1. The van der Waals surface area contributed by atoms with Crippen molar-refractivity contribution in [1.82, 2.24) is 15.6 Å². The SMILES string of the molecule is CC(NC(=O)C1CCCNC1)c1cccnc1. The number of pyridine rings is 1. The van der Waals surface area contributed by atoms with Crippen LogP contribution in [0.2, 0.25) is 0 Å². The summed E-state index contributed by atoms with van der Waals surface area (Å²) in [5.41, 5.74) is 1.05. The number of nitrogens with zero attached hydrogens (tertiary/aromatic N) is 1. The van der Waals surface area contributed by atoms with E-state index in [0.29, 0.717) is 0 Å². The summed E-state index contributed by atoms with van der Waals surface area (Å²) in [6.45, 7) is 3.82. The molecule has 17 heavy (non-hydrogen) atoms. The lowest BCUT2D eigenvalue weighted by Gasteiger charge is -2.24. The van der Waals surface area contributed by atoms with Crippen LogP contribution in [0.3, 0.4) is 0 Å². The molecule has 1 aromatic heterocycles. The van der Waals surface area contributed by atoms with Crippen LogP contribution in [0.25, 0.3) is 0 Å². The lowest BCUT2D eigenvalue weighted by atomic mass is 9.98. The Morgan fingerprint density at radius 2 is 2.53 bits per heavy atom. The molecule has 1 aromatic rings. The highest BCUT2D eigenvalue weighted by molar-refractivity contribution is 5.79. The Hall–Kier alpha value is -1.42. The Bertz CT molecular complexity index is 360. The first-order valence-electron chi connectivity index (χ1n) is 6.18. The van der Waals surface area contributed by atoms with Gasteiger partial charge in [0.25, 0.3) is 0 Å². The topological polar surface area (TPSA) is 54.0 Å². The summed E-state index contributed by atoms with van der Waals surface area (Å²) in [6.07, 6.45) is 5.60. The summed E-state index contributed by atoms with van der Waals surface area (Å²) >= 11 is 0. The first kappa shape index (κ1) is 12.0. The average molecular weight is 233 g/mol. The summed E-state index contributed by atoms with van der Waals surface area (Å²) in [5, 5.41) is 6.30. The Morgan fingerprint density at radius 3 is 3.18 bits per heavy atom. The second kappa shape index (κ2) is 5.77. The Labute approximate surface area is 102 Å². The number of amides is 1. The van der Waals surface area contributed by atoms with Crippen molar-refractivity contribution >= 4 is 5.91 Å². The molecule has 0 aromatic carbocycles. The third kappa shape index (κ3) is 3.27. The summed E-state index contributed by atoms with van der Waals surface area (Å²) in [5.74, 6) is 0.261. The molecule has 1 aliphatic heterocycles. The molecule has 0 radical (unpaired) electrons. The number of nitrogens with one attached hydrogen (secondary N) is 2. The minimum atomic E-state index is 0.0260. The Balaban J connectivity index is 1.89. The van der Waals surface area contributed by atoms with Crippen LogP contribution in [-0.4, -0.2) is 24.0 Å². The highest BCUT2D eigenvalue weighted by Gasteiger charge is 2.22. The standard InChI is InChI=1S/C13H19N3O/c1-10(11-4-2-6-14-8-11)16-13(17)12-5-3-7-15-9-12/h2,4,6,8,10,12,15H,3,5,7,9H2,1H3,(H,16,17). The second-order valence-electron chi connectivity index (χ2n) is 4.56. The van der Waals surface area contributed by atoms with Crippen LogP contribution in [0, 0.1) is 5.92 Å². The molecule has 2 N–H and O–H groups in total. The molecule has 0 saturated carbocycles. The van der Waals surface area contributed by atoms with Gasteiger partial charge in [-0.1, -0.05) is 6.07 Å². The van der Waals surface area contributed by atoms with Crippen LogP contribution in [0.4, 0.5) is 0 Å². The minimum Gasteiger partial charge on any atom is -0.349 e. The molecule has 1 saturated heterocycles. The van der Waals surface area contributed by atoms with E-state index in [1.165, 1.54) is 0 Å². The zero-order valence-electron chi connectivity index (χ0n) is 10.1. The molecule has 4 nitrogen and oxygen atoms in total. The van der Waals surface area contributed by atoms with Crippen molar-refractivity contribution in [2.24, 2.45) is 5.92 Å². The van der Waals surface area contributed by atoms with Crippen molar-refractivity contribution in [3.05, 3.63) is 30.1 Å². The predicted octanol–water partition coefficient (Wildman–Crippen LogP) is 1.26. The smallest absolute Gasteiger partial charge is 0.224 e. The van der Waals surface area contributed by atoms with Gasteiger partial charge in [0.05, 0.1) is 12.0 Å². The van der Waals surface area contributed by atoms with Crippen molar-refractivity contribution < 1.29 is 4.79 Å². The first-order valence-corrected chi connectivity index (χ1v) is 6.18. The highest BCUT2D eigenvalue weighted by Crippen LogP contribution is 2.14. The van der Waals surface area contributed by atoms with E-state index in [9.17, 15) is 4.79 Å². The lowest BCUT2D eigenvalue weighted by molar-refractivity contribution is -0.126. The van der Waals surface area contributed by atoms with Crippen molar-refractivity contribution in [1.29, 1.82) is 0 Å². The summed E-state index contributed by atoms with van der Waals surface area (Å²) in [6, 6.07) is 3.90. The van der Waals surface area contributed by atoms with Gasteiger partial charge >= 0.3 is 0 Å². The van der Waals surface area contributed by atoms with Gasteiger partial charge in [0.1, 0.15) is 0 Å². The summed E-state index contributed by atoms with van der Waals surface area (Å²) in [7, 11) is 0. The Morgan fingerprint density at radius 1 is 1.65 bits per heavy atom. The summed E-state index contributed by atoms with van der Waals surface area (Å²) in [4.78, 5) is 16.1. The van der Waals surface area contributed by atoms with Gasteiger partial charge in [-0.15, -0.1) is 0 Å². The molecule has 0 aliphatic carbocycles. The molecule has 2 heterocycles.